The molecule has 1 unspecified atom stereocenters. The van der Waals surface area contributed by atoms with Crippen LogP contribution in [0.5, 0.6) is 5.75 Å². The molecule has 0 bridgehead atoms. The van der Waals surface area contributed by atoms with Crippen molar-refractivity contribution >= 4 is 17.3 Å². The molecule has 0 saturated heterocycles. The van der Waals surface area contributed by atoms with Crippen LogP contribution in [0.15, 0.2) is 78.9 Å². The van der Waals surface area contributed by atoms with Crippen molar-refractivity contribution < 1.29 is 14.5 Å². The van der Waals surface area contributed by atoms with Gasteiger partial charge >= 0.3 is 0 Å². The lowest BCUT2D eigenvalue weighted by Crippen LogP contribution is -2.18. The van der Waals surface area contributed by atoms with Crippen LogP contribution in [0.2, 0.25) is 0 Å². The number of carbonyl (C=O) groups excluding carboxylic acids is 1. The SMILES string of the molecule is CC(C(=O)Nc1ccc(OCc2ccccc2)cc1)c1ccc([N+](=O)[O-])cc1. The van der Waals surface area contributed by atoms with Gasteiger partial charge in [0.25, 0.3) is 5.69 Å². The van der Waals surface area contributed by atoms with Crippen LogP contribution in [-0.2, 0) is 11.4 Å². The molecule has 6 heteroatoms. The fourth-order valence-electron chi connectivity index (χ4n) is 2.66. The van der Waals surface area contributed by atoms with E-state index in [-0.39, 0.29) is 11.6 Å². The van der Waals surface area contributed by atoms with Crippen LogP contribution in [0.25, 0.3) is 0 Å². The second kappa shape index (κ2) is 8.81. The number of rotatable bonds is 7. The zero-order chi connectivity index (χ0) is 19.9. The average molecular weight is 376 g/mol. The zero-order valence-corrected chi connectivity index (χ0v) is 15.4. The van der Waals surface area contributed by atoms with E-state index in [0.29, 0.717) is 23.6 Å². The van der Waals surface area contributed by atoms with Crippen LogP contribution >= 0.6 is 0 Å². The highest BCUT2D eigenvalue weighted by Crippen LogP contribution is 2.22. The second-order valence-corrected chi connectivity index (χ2v) is 6.36. The summed E-state index contributed by atoms with van der Waals surface area (Å²) in [5.74, 6) is 0.0897. The van der Waals surface area contributed by atoms with Gasteiger partial charge in [0, 0.05) is 17.8 Å². The summed E-state index contributed by atoms with van der Waals surface area (Å²) in [5.41, 5.74) is 2.45. The third-order valence-corrected chi connectivity index (χ3v) is 4.37. The van der Waals surface area contributed by atoms with Crippen molar-refractivity contribution in [1.82, 2.24) is 0 Å². The molecule has 0 aliphatic carbocycles. The summed E-state index contributed by atoms with van der Waals surface area (Å²) in [6.45, 7) is 2.23. The van der Waals surface area contributed by atoms with Gasteiger partial charge < -0.3 is 10.1 Å². The highest BCUT2D eigenvalue weighted by Gasteiger charge is 2.16. The molecule has 0 fully saturated rings. The number of carbonyl (C=O) groups is 1. The lowest BCUT2D eigenvalue weighted by Gasteiger charge is -2.13. The summed E-state index contributed by atoms with van der Waals surface area (Å²) in [4.78, 5) is 22.7. The lowest BCUT2D eigenvalue weighted by atomic mass is 10.00. The molecule has 0 heterocycles. The quantitative estimate of drug-likeness (QED) is 0.469. The molecular weight excluding hydrogens is 356 g/mol. The maximum absolute atomic E-state index is 12.5. The van der Waals surface area contributed by atoms with Crippen molar-refractivity contribution in [3.05, 3.63) is 100 Å². The van der Waals surface area contributed by atoms with Gasteiger partial charge in [-0.2, -0.15) is 0 Å². The third kappa shape index (κ3) is 4.94. The Kier molecular flexibility index (Phi) is 6.01. The second-order valence-electron chi connectivity index (χ2n) is 6.36. The number of benzene rings is 3. The van der Waals surface area contributed by atoms with E-state index in [1.54, 1.807) is 43.3 Å². The Morgan fingerprint density at radius 3 is 2.25 bits per heavy atom. The standard InChI is InChI=1S/C22H20N2O4/c1-16(18-7-11-20(12-8-18)24(26)27)22(25)23-19-9-13-21(14-10-19)28-15-17-5-3-2-4-6-17/h2-14,16H,15H2,1H3,(H,23,25). The molecule has 3 aromatic rings. The van der Waals surface area contributed by atoms with Crippen molar-refractivity contribution in [2.24, 2.45) is 0 Å². The Bertz CT molecular complexity index is 939. The monoisotopic (exact) mass is 376 g/mol. The molecule has 142 valence electrons. The molecular formula is C22H20N2O4. The van der Waals surface area contributed by atoms with Crippen molar-refractivity contribution in [2.45, 2.75) is 19.4 Å². The minimum absolute atomic E-state index is 0.00227. The number of nitro benzene ring substituents is 1. The Labute approximate surface area is 162 Å². The van der Waals surface area contributed by atoms with Gasteiger partial charge in [-0.3, -0.25) is 14.9 Å². The van der Waals surface area contributed by atoms with Gasteiger partial charge in [-0.05, 0) is 42.3 Å². The molecule has 1 amide bonds. The van der Waals surface area contributed by atoms with Gasteiger partial charge in [0.2, 0.25) is 5.91 Å². The number of nitrogens with zero attached hydrogens (tertiary/aromatic N) is 1. The normalized spacial score (nSPS) is 11.5. The average Bonchev–Trinajstić information content (AvgIpc) is 2.73. The summed E-state index contributed by atoms with van der Waals surface area (Å²) in [7, 11) is 0. The first kappa shape index (κ1) is 19.1. The molecule has 1 atom stereocenters. The molecule has 6 nitrogen and oxygen atoms in total. The molecule has 0 aliphatic rings. The van der Waals surface area contributed by atoms with Crippen molar-refractivity contribution in [1.29, 1.82) is 0 Å². The Balaban J connectivity index is 1.56. The van der Waals surface area contributed by atoms with Crippen LogP contribution in [-0.4, -0.2) is 10.8 Å². The number of hydrogen-bond acceptors (Lipinski definition) is 4. The first-order valence-corrected chi connectivity index (χ1v) is 8.85. The van der Waals surface area contributed by atoms with Crippen LogP contribution < -0.4 is 10.1 Å². The summed E-state index contributed by atoms with van der Waals surface area (Å²) >= 11 is 0. The summed E-state index contributed by atoms with van der Waals surface area (Å²) in [5, 5.41) is 13.6. The first-order chi connectivity index (χ1) is 13.5. The highest BCUT2D eigenvalue weighted by atomic mass is 16.6. The van der Waals surface area contributed by atoms with Gasteiger partial charge in [0.1, 0.15) is 12.4 Å². The Morgan fingerprint density at radius 1 is 1.00 bits per heavy atom. The van der Waals surface area contributed by atoms with E-state index in [2.05, 4.69) is 5.32 Å². The Hall–Kier alpha value is -3.67. The topological polar surface area (TPSA) is 81.5 Å². The van der Waals surface area contributed by atoms with E-state index in [9.17, 15) is 14.9 Å². The van der Waals surface area contributed by atoms with Crippen LogP contribution in [0.4, 0.5) is 11.4 Å². The van der Waals surface area contributed by atoms with E-state index in [1.807, 2.05) is 30.3 Å². The molecule has 3 rings (SSSR count). The van der Waals surface area contributed by atoms with Crippen LogP contribution in [0, 0.1) is 10.1 Å². The zero-order valence-electron chi connectivity index (χ0n) is 15.4. The fourth-order valence-corrected chi connectivity index (χ4v) is 2.66. The first-order valence-electron chi connectivity index (χ1n) is 8.85. The smallest absolute Gasteiger partial charge is 0.269 e. The van der Waals surface area contributed by atoms with E-state index >= 15 is 0 Å². The van der Waals surface area contributed by atoms with Gasteiger partial charge in [-0.25, -0.2) is 0 Å². The fraction of sp³-hybridized carbons (Fsp3) is 0.136. The number of non-ortho nitro benzene ring substituents is 1. The number of anilines is 1. The predicted molar refractivity (Wildman–Crippen MR) is 107 cm³/mol. The predicted octanol–water partition coefficient (Wildman–Crippen LogP) is 4.92. The number of nitrogens with one attached hydrogen (secondary N) is 1. The van der Waals surface area contributed by atoms with Crippen molar-refractivity contribution in [3.63, 3.8) is 0 Å². The van der Waals surface area contributed by atoms with Crippen LogP contribution in [0.1, 0.15) is 24.0 Å². The van der Waals surface area contributed by atoms with E-state index in [1.165, 1.54) is 12.1 Å². The van der Waals surface area contributed by atoms with Gasteiger partial charge in [-0.1, -0.05) is 42.5 Å². The van der Waals surface area contributed by atoms with Gasteiger partial charge in [0.15, 0.2) is 0 Å². The minimum atomic E-state index is -0.462. The van der Waals surface area contributed by atoms with Crippen molar-refractivity contribution in [2.75, 3.05) is 5.32 Å². The van der Waals surface area contributed by atoms with Crippen molar-refractivity contribution in [3.8, 4) is 5.75 Å². The maximum atomic E-state index is 12.5. The van der Waals surface area contributed by atoms with Crippen LogP contribution in [0.3, 0.4) is 0 Å². The number of amides is 1. The maximum Gasteiger partial charge on any atom is 0.269 e. The van der Waals surface area contributed by atoms with Gasteiger partial charge in [-0.15, -0.1) is 0 Å². The summed E-state index contributed by atoms with van der Waals surface area (Å²) < 4.78 is 5.73. The Morgan fingerprint density at radius 2 is 1.64 bits per heavy atom. The lowest BCUT2D eigenvalue weighted by molar-refractivity contribution is -0.384. The van der Waals surface area contributed by atoms with E-state index in [0.717, 1.165) is 5.56 Å². The highest BCUT2D eigenvalue weighted by molar-refractivity contribution is 5.95. The molecule has 0 radical (unpaired) electrons. The molecule has 0 aromatic heterocycles. The van der Waals surface area contributed by atoms with Gasteiger partial charge in [0.05, 0.1) is 10.8 Å². The molecule has 0 saturated carbocycles. The molecule has 3 aromatic carbocycles. The van der Waals surface area contributed by atoms with E-state index < -0.39 is 10.8 Å². The third-order valence-electron chi connectivity index (χ3n) is 4.37. The summed E-state index contributed by atoms with van der Waals surface area (Å²) in [6.07, 6.45) is 0. The number of nitro groups is 1. The van der Waals surface area contributed by atoms with E-state index in [4.69, 9.17) is 4.74 Å². The minimum Gasteiger partial charge on any atom is -0.489 e. The largest absolute Gasteiger partial charge is 0.489 e. The number of hydrogen-bond donors (Lipinski definition) is 1. The summed E-state index contributed by atoms with van der Waals surface area (Å²) in [6, 6.07) is 23.0. The number of ether oxygens (including phenoxy) is 1. The molecule has 0 aliphatic heterocycles. The molecule has 0 spiro atoms. The molecule has 1 N–H and O–H groups in total. The molecule has 28 heavy (non-hydrogen) atoms.